The van der Waals surface area contributed by atoms with Crippen molar-refractivity contribution in [1.29, 1.82) is 0 Å². The van der Waals surface area contributed by atoms with Crippen LogP contribution in [-0.2, 0) is 0 Å². The van der Waals surface area contributed by atoms with Gasteiger partial charge in [0.1, 0.15) is 11.3 Å². The smallest absolute Gasteiger partial charge is 0.319 e. The zero-order valence-corrected chi connectivity index (χ0v) is 12.7. The van der Waals surface area contributed by atoms with Gasteiger partial charge < -0.3 is 15.7 Å². The number of carbonyl (C=O) groups excluding carboxylic acids is 1. The maximum atomic E-state index is 11.3. The van der Waals surface area contributed by atoms with E-state index < -0.39 is 6.03 Å². The monoisotopic (exact) mass is 329 g/mol. The van der Waals surface area contributed by atoms with E-state index in [1.807, 2.05) is 0 Å². The van der Waals surface area contributed by atoms with Crippen LogP contribution in [0.2, 0.25) is 0 Å². The molecule has 0 fully saturated rings. The molecule has 3 rings (SSSR count). The third-order valence-corrected chi connectivity index (χ3v) is 3.52. The number of benzene rings is 1. The molecule has 0 unspecified atom stereocenters. The Labute approximate surface area is 134 Å². The van der Waals surface area contributed by atoms with Gasteiger partial charge in [-0.3, -0.25) is 0 Å². The first-order valence-corrected chi connectivity index (χ1v) is 7.24. The molecule has 2 amide bonds. The van der Waals surface area contributed by atoms with Crippen LogP contribution in [0.4, 0.5) is 21.2 Å². The molecule has 0 aliphatic rings. The van der Waals surface area contributed by atoms with Crippen molar-refractivity contribution in [2.24, 2.45) is 10.2 Å². The molecule has 0 bridgehead atoms. The van der Waals surface area contributed by atoms with E-state index in [1.54, 1.807) is 18.5 Å². The van der Waals surface area contributed by atoms with Crippen molar-refractivity contribution in [3.63, 3.8) is 0 Å². The number of azo groups is 1. The van der Waals surface area contributed by atoms with E-state index in [-0.39, 0.29) is 11.4 Å². The fourth-order valence-electron chi connectivity index (χ4n) is 1.72. The highest BCUT2D eigenvalue weighted by Gasteiger charge is 2.08. The van der Waals surface area contributed by atoms with Gasteiger partial charge >= 0.3 is 6.03 Å². The van der Waals surface area contributed by atoms with Crippen LogP contribution in [0.15, 0.2) is 40.8 Å². The van der Waals surface area contributed by atoms with Crippen molar-refractivity contribution >= 4 is 45.1 Å². The van der Waals surface area contributed by atoms with Gasteiger partial charge in [-0.15, -0.1) is 10.2 Å². The second-order valence-electron chi connectivity index (χ2n) is 4.32. The molecule has 2 heterocycles. The highest BCUT2D eigenvalue weighted by atomic mass is 32.1. The molecular formula is C13H11N7O2S. The lowest BCUT2D eigenvalue weighted by Crippen LogP contribution is -2.24. The zero-order valence-electron chi connectivity index (χ0n) is 11.9. The van der Waals surface area contributed by atoms with E-state index in [0.717, 1.165) is 11.5 Å². The van der Waals surface area contributed by atoms with Crippen molar-refractivity contribution in [2.45, 2.75) is 0 Å². The van der Waals surface area contributed by atoms with Gasteiger partial charge in [0.05, 0.1) is 11.4 Å². The Kier molecular flexibility index (Phi) is 4.06. The quantitative estimate of drug-likeness (QED) is 0.503. The molecule has 0 saturated heterocycles. The van der Waals surface area contributed by atoms with Crippen molar-refractivity contribution < 1.29 is 9.90 Å². The first-order chi connectivity index (χ1) is 11.2. The molecule has 3 aromatic rings. The third-order valence-electron chi connectivity index (χ3n) is 2.81. The number of aromatic hydroxyl groups is 1. The van der Waals surface area contributed by atoms with Gasteiger partial charge in [-0.2, -0.15) is 4.37 Å². The molecule has 0 spiro atoms. The Morgan fingerprint density at radius 3 is 2.91 bits per heavy atom. The largest absolute Gasteiger partial charge is 0.506 e. The lowest BCUT2D eigenvalue weighted by atomic mass is 10.2. The molecule has 10 heteroatoms. The van der Waals surface area contributed by atoms with Crippen molar-refractivity contribution in [2.75, 3.05) is 12.4 Å². The second-order valence-corrected chi connectivity index (χ2v) is 5.07. The average molecular weight is 329 g/mol. The SMILES string of the molecule is CNC(=O)Nc1cc(/N=N/c2snc3nccnc23)ccc1O. The minimum atomic E-state index is -0.446. The maximum Gasteiger partial charge on any atom is 0.319 e. The number of nitrogens with one attached hydrogen (secondary N) is 2. The van der Waals surface area contributed by atoms with Crippen LogP contribution < -0.4 is 10.6 Å². The minimum Gasteiger partial charge on any atom is -0.506 e. The summed E-state index contributed by atoms with van der Waals surface area (Å²) in [6.07, 6.45) is 3.11. The van der Waals surface area contributed by atoms with Gasteiger partial charge in [0, 0.05) is 19.4 Å². The highest BCUT2D eigenvalue weighted by Crippen LogP contribution is 2.32. The summed E-state index contributed by atoms with van der Waals surface area (Å²) in [6, 6.07) is 4.05. The Bertz CT molecular complexity index is 893. The number of amides is 2. The predicted octanol–water partition coefficient (Wildman–Crippen LogP) is 2.96. The van der Waals surface area contributed by atoms with E-state index in [4.69, 9.17) is 0 Å². The summed E-state index contributed by atoms with van der Waals surface area (Å²) < 4.78 is 4.12. The molecule has 9 nitrogen and oxygen atoms in total. The summed E-state index contributed by atoms with van der Waals surface area (Å²) in [4.78, 5) is 19.6. The number of rotatable bonds is 3. The number of nitrogens with zero attached hydrogens (tertiary/aromatic N) is 5. The molecule has 0 aliphatic carbocycles. The summed E-state index contributed by atoms with van der Waals surface area (Å²) in [5, 5.41) is 23.3. The molecule has 2 aromatic heterocycles. The van der Waals surface area contributed by atoms with Gasteiger partial charge in [0.15, 0.2) is 10.6 Å². The number of fused-ring (bicyclic) bond motifs is 1. The Morgan fingerprint density at radius 2 is 2.09 bits per heavy atom. The number of aromatic nitrogens is 3. The molecule has 0 aliphatic heterocycles. The van der Waals surface area contributed by atoms with Gasteiger partial charge in [-0.1, -0.05) is 0 Å². The van der Waals surface area contributed by atoms with Crippen LogP contribution in [0, 0.1) is 0 Å². The number of hydrogen-bond donors (Lipinski definition) is 3. The molecule has 0 radical (unpaired) electrons. The normalized spacial score (nSPS) is 11.0. The van der Waals surface area contributed by atoms with Gasteiger partial charge in [-0.05, 0) is 29.7 Å². The fourth-order valence-corrected chi connectivity index (χ4v) is 2.33. The number of urea groups is 1. The van der Waals surface area contributed by atoms with E-state index in [9.17, 15) is 9.90 Å². The zero-order chi connectivity index (χ0) is 16.2. The molecule has 3 N–H and O–H groups in total. The summed E-state index contributed by atoms with van der Waals surface area (Å²) in [6.45, 7) is 0. The van der Waals surface area contributed by atoms with E-state index in [2.05, 4.69) is 35.2 Å². The minimum absolute atomic E-state index is 0.0679. The summed E-state index contributed by atoms with van der Waals surface area (Å²) in [7, 11) is 1.48. The van der Waals surface area contributed by atoms with Crippen LogP contribution >= 0.6 is 11.5 Å². The van der Waals surface area contributed by atoms with Gasteiger partial charge in [-0.25, -0.2) is 14.8 Å². The van der Waals surface area contributed by atoms with E-state index in [0.29, 0.717) is 21.9 Å². The standard InChI is InChI=1S/C13H11N7O2S/c1-14-13(22)17-8-6-7(2-3-9(8)21)18-19-12-10-11(20-23-12)16-5-4-15-10/h2-6,21H,1H3,(H2,14,17,22)/b19-18+. The van der Waals surface area contributed by atoms with Crippen molar-refractivity contribution in [1.82, 2.24) is 19.7 Å². The molecule has 0 atom stereocenters. The molecule has 23 heavy (non-hydrogen) atoms. The highest BCUT2D eigenvalue weighted by molar-refractivity contribution is 7.11. The first kappa shape index (κ1) is 14.8. The predicted molar refractivity (Wildman–Crippen MR) is 85.6 cm³/mol. The molecule has 116 valence electrons. The topological polar surface area (TPSA) is 125 Å². The molecule has 1 aromatic carbocycles. The van der Waals surface area contributed by atoms with Crippen LogP contribution in [0.1, 0.15) is 0 Å². The van der Waals surface area contributed by atoms with Gasteiger partial charge in [0.25, 0.3) is 0 Å². The Hall–Kier alpha value is -3.14. The van der Waals surface area contributed by atoms with Gasteiger partial charge in [0.2, 0.25) is 0 Å². The Morgan fingerprint density at radius 1 is 1.26 bits per heavy atom. The second kappa shape index (κ2) is 6.32. The lowest BCUT2D eigenvalue weighted by Gasteiger charge is -2.06. The van der Waals surface area contributed by atoms with Crippen molar-refractivity contribution in [3.8, 4) is 5.75 Å². The third kappa shape index (κ3) is 3.21. The van der Waals surface area contributed by atoms with Crippen LogP contribution in [0.5, 0.6) is 5.75 Å². The summed E-state index contributed by atoms with van der Waals surface area (Å²) in [5.74, 6) is -0.0679. The summed E-state index contributed by atoms with van der Waals surface area (Å²) in [5.41, 5.74) is 1.78. The van der Waals surface area contributed by atoms with Crippen LogP contribution in [-0.4, -0.2) is 32.5 Å². The number of hydrogen-bond acceptors (Lipinski definition) is 8. The Balaban J connectivity index is 1.87. The van der Waals surface area contributed by atoms with Crippen LogP contribution in [0.3, 0.4) is 0 Å². The average Bonchev–Trinajstić information content (AvgIpc) is 2.98. The molecule has 0 saturated carbocycles. The number of anilines is 1. The molecular weight excluding hydrogens is 318 g/mol. The first-order valence-electron chi connectivity index (χ1n) is 6.47. The lowest BCUT2D eigenvalue weighted by molar-refractivity contribution is 0.254. The summed E-state index contributed by atoms with van der Waals surface area (Å²) >= 11 is 1.14. The van der Waals surface area contributed by atoms with Crippen molar-refractivity contribution in [3.05, 3.63) is 30.6 Å². The number of phenols is 1. The fraction of sp³-hybridized carbons (Fsp3) is 0.0769. The van der Waals surface area contributed by atoms with E-state index >= 15 is 0 Å². The number of carbonyl (C=O) groups is 1. The van der Waals surface area contributed by atoms with E-state index in [1.165, 1.54) is 19.2 Å². The van der Waals surface area contributed by atoms with Crippen LogP contribution in [0.25, 0.3) is 11.2 Å². The maximum absolute atomic E-state index is 11.3. The number of phenolic OH excluding ortho intramolecular Hbond substituents is 1.